The molecule has 3 rings (SSSR count). The number of hydrogen-bond acceptors (Lipinski definition) is 1. The van der Waals surface area contributed by atoms with E-state index in [0.717, 1.165) is 21.6 Å². The highest BCUT2D eigenvalue weighted by molar-refractivity contribution is 9.10. The number of H-pyrrole nitrogens is 2. The summed E-state index contributed by atoms with van der Waals surface area (Å²) in [4.78, 5) is 10.7. The van der Waals surface area contributed by atoms with Crippen molar-refractivity contribution in [2.75, 3.05) is 0 Å². The first-order valence-electron chi connectivity index (χ1n) is 5.04. The van der Waals surface area contributed by atoms with Crippen LogP contribution in [0.5, 0.6) is 0 Å². The average Bonchev–Trinajstić information content (AvgIpc) is 2.80. The van der Waals surface area contributed by atoms with Crippen molar-refractivity contribution in [2.24, 2.45) is 0 Å². The predicted molar refractivity (Wildman–Crippen MR) is 68.3 cm³/mol. The fraction of sp³-hybridized carbons (Fsp3) is 0.0833. The van der Waals surface area contributed by atoms with Crippen LogP contribution in [0, 0.1) is 6.92 Å². The minimum atomic E-state index is 0.757. The van der Waals surface area contributed by atoms with E-state index < -0.39 is 0 Å². The van der Waals surface area contributed by atoms with Gasteiger partial charge in [-0.2, -0.15) is 0 Å². The molecule has 0 amide bonds. The van der Waals surface area contributed by atoms with Crippen molar-refractivity contribution in [1.82, 2.24) is 15.0 Å². The van der Waals surface area contributed by atoms with E-state index >= 15 is 0 Å². The minimum Gasteiger partial charge on any atom is -0.358 e. The van der Waals surface area contributed by atoms with Gasteiger partial charge in [-0.3, -0.25) is 0 Å². The number of nitrogens with zero attached hydrogens (tertiary/aromatic N) is 1. The second-order valence-electron chi connectivity index (χ2n) is 3.76. The number of para-hydroxylation sites is 1. The number of hydrogen-bond donors (Lipinski definition) is 2. The van der Waals surface area contributed by atoms with Gasteiger partial charge in [0.2, 0.25) is 0 Å². The first-order valence-corrected chi connectivity index (χ1v) is 5.83. The third-order valence-electron chi connectivity index (χ3n) is 2.71. The molecule has 0 aliphatic carbocycles. The van der Waals surface area contributed by atoms with Gasteiger partial charge < -0.3 is 9.97 Å². The zero-order valence-electron chi connectivity index (χ0n) is 8.71. The fourth-order valence-electron chi connectivity index (χ4n) is 2.05. The van der Waals surface area contributed by atoms with E-state index in [9.17, 15) is 0 Å². The molecule has 0 fully saturated rings. The van der Waals surface area contributed by atoms with Crippen LogP contribution in [0.15, 0.2) is 35.2 Å². The average molecular weight is 276 g/mol. The Morgan fingerprint density at radius 3 is 2.75 bits per heavy atom. The van der Waals surface area contributed by atoms with Gasteiger partial charge in [0.15, 0.2) is 4.73 Å². The normalized spacial score (nSPS) is 11.1. The van der Waals surface area contributed by atoms with Gasteiger partial charge in [0.05, 0.1) is 11.9 Å². The number of nitrogens with one attached hydrogen (secondary N) is 2. The molecule has 2 N–H and O–H groups in total. The molecule has 80 valence electrons. The SMILES string of the molecule is Cc1[nH]c2ccccc2c1-c1cnc(Br)[nH]1. The first kappa shape index (κ1) is 9.66. The quantitative estimate of drug-likeness (QED) is 0.700. The van der Waals surface area contributed by atoms with Gasteiger partial charge >= 0.3 is 0 Å². The van der Waals surface area contributed by atoms with Crippen LogP contribution in [0.2, 0.25) is 0 Å². The Morgan fingerprint density at radius 2 is 2.00 bits per heavy atom. The number of aromatic amines is 2. The van der Waals surface area contributed by atoms with Crippen LogP contribution in [0.25, 0.3) is 22.2 Å². The van der Waals surface area contributed by atoms with Crippen molar-refractivity contribution in [3.8, 4) is 11.3 Å². The molecular formula is C12H10BrN3. The topological polar surface area (TPSA) is 44.5 Å². The lowest BCUT2D eigenvalue weighted by Gasteiger charge is -1.96. The largest absolute Gasteiger partial charge is 0.358 e. The third kappa shape index (κ3) is 1.38. The van der Waals surface area contributed by atoms with Crippen molar-refractivity contribution in [3.63, 3.8) is 0 Å². The molecule has 3 aromatic rings. The van der Waals surface area contributed by atoms with Crippen LogP contribution in [-0.4, -0.2) is 15.0 Å². The molecule has 0 radical (unpaired) electrons. The number of imidazole rings is 1. The van der Waals surface area contributed by atoms with E-state index in [1.807, 2.05) is 18.3 Å². The molecule has 0 aliphatic heterocycles. The molecule has 1 aromatic carbocycles. The highest BCUT2D eigenvalue weighted by Crippen LogP contribution is 2.31. The highest BCUT2D eigenvalue weighted by atomic mass is 79.9. The molecule has 0 saturated carbocycles. The van der Waals surface area contributed by atoms with Crippen molar-refractivity contribution in [3.05, 3.63) is 40.9 Å². The summed E-state index contributed by atoms with van der Waals surface area (Å²) >= 11 is 3.33. The predicted octanol–water partition coefficient (Wildman–Crippen LogP) is 3.63. The van der Waals surface area contributed by atoms with Crippen LogP contribution < -0.4 is 0 Å². The maximum atomic E-state index is 4.17. The number of aryl methyl sites for hydroxylation is 1. The van der Waals surface area contributed by atoms with Crippen molar-refractivity contribution in [2.45, 2.75) is 6.92 Å². The lowest BCUT2D eigenvalue weighted by molar-refractivity contribution is 1.23. The maximum absolute atomic E-state index is 4.17. The summed E-state index contributed by atoms with van der Waals surface area (Å²) in [5, 5.41) is 1.22. The second-order valence-corrected chi connectivity index (χ2v) is 4.51. The van der Waals surface area contributed by atoms with Gasteiger partial charge in [-0.25, -0.2) is 4.98 Å². The van der Waals surface area contributed by atoms with Gasteiger partial charge in [0, 0.05) is 22.2 Å². The van der Waals surface area contributed by atoms with E-state index in [2.05, 4.69) is 49.9 Å². The summed E-state index contributed by atoms with van der Waals surface area (Å²) in [7, 11) is 0. The second kappa shape index (κ2) is 3.49. The Hall–Kier alpha value is -1.55. The molecule has 0 saturated heterocycles. The first-order chi connectivity index (χ1) is 7.75. The Kier molecular flexibility index (Phi) is 2.11. The lowest BCUT2D eigenvalue weighted by Crippen LogP contribution is -1.78. The van der Waals surface area contributed by atoms with Crippen LogP contribution >= 0.6 is 15.9 Å². The zero-order chi connectivity index (χ0) is 11.1. The molecule has 16 heavy (non-hydrogen) atoms. The number of aromatic nitrogens is 3. The standard InChI is InChI=1S/C12H10BrN3/c1-7-11(10-6-14-12(13)16-10)8-4-2-3-5-9(8)15-7/h2-6,15H,1H3,(H,14,16). The molecule has 2 aromatic heterocycles. The molecule has 0 spiro atoms. The molecule has 0 bridgehead atoms. The van der Waals surface area contributed by atoms with Crippen LogP contribution in [0.3, 0.4) is 0 Å². The van der Waals surface area contributed by atoms with Crippen molar-refractivity contribution >= 4 is 26.8 Å². The Labute approximate surface area is 101 Å². The number of halogens is 1. The van der Waals surface area contributed by atoms with E-state index in [-0.39, 0.29) is 0 Å². The van der Waals surface area contributed by atoms with Crippen LogP contribution in [0.4, 0.5) is 0 Å². The van der Waals surface area contributed by atoms with Gasteiger partial charge in [-0.15, -0.1) is 0 Å². The van der Waals surface area contributed by atoms with Gasteiger partial charge in [-0.1, -0.05) is 18.2 Å². The van der Waals surface area contributed by atoms with Gasteiger partial charge in [0.25, 0.3) is 0 Å². The lowest BCUT2D eigenvalue weighted by atomic mass is 10.1. The monoisotopic (exact) mass is 275 g/mol. The van der Waals surface area contributed by atoms with Crippen molar-refractivity contribution < 1.29 is 0 Å². The molecule has 3 nitrogen and oxygen atoms in total. The molecule has 0 unspecified atom stereocenters. The van der Waals surface area contributed by atoms with Crippen molar-refractivity contribution in [1.29, 1.82) is 0 Å². The van der Waals surface area contributed by atoms with E-state index in [4.69, 9.17) is 0 Å². The van der Waals surface area contributed by atoms with Crippen LogP contribution in [-0.2, 0) is 0 Å². The van der Waals surface area contributed by atoms with Crippen LogP contribution in [0.1, 0.15) is 5.69 Å². The zero-order valence-corrected chi connectivity index (χ0v) is 10.3. The Bertz CT molecular complexity index is 651. The van der Waals surface area contributed by atoms with Gasteiger partial charge in [0.1, 0.15) is 0 Å². The summed E-state index contributed by atoms with van der Waals surface area (Å²) < 4.78 is 0.757. The Morgan fingerprint density at radius 1 is 1.19 bits per heavy atom. The summed E-state index contributed by atoms with van der Waals surface area (Å²) in [5.74, 6) is 0. The Balaban J connectivity index is 2.34. The van der Waals surface area contributed by atoms with E-state index in [1.165, 1.54) is 10.9 Å². The minimum absolute atomic E-state index is 0.757. The van der Waals surface area contributed by atoms with E-state index in [1.54, 1.807) is 0 Å². The summed E-state index contributed by atoms with van der Waals surface area (Å²) in [5.41, 5.74) is 4.52. The summed E-state index contributed by atoms with van der Waals surface area (Å²) in [6, 6.07) is 8.27. The number of rotatable bonds is 1. The summed E-state index contributed by atoms with van der Waals surface area (Å²) in [6.07, 6.45) is 1.84. The number of fused-ring (bicyclic) bond motifs is 1. The highest BCUT2D eigenvalue weighted by Gasteiger charge is 2.11. The fourth-order valence-corrected chi connectivity index (χ4v) is 2.36. The molecule has 2 heterocycles. The van der Waals surface area contributed by atoms with E-state index in [0.29, 0.717) is 0 Å². The third-order valence-corrected chi connectivity index (χ3v) is 3.11. The molecule has 0 aliphatic rings. The maximum Gasteiger partial charge on any atom is 0.174 e. The molecule has 4 heteroatoms. The number of benzene rings is 1. The smallest absolute Gasteiger partial charge is 0.174 e. The summed E-state index contributed by atoms with van der Waals surface area (Å²) in [6.45, 7) is 2.07. The molecular weight excluding hydrogens is 266 g/mol. The van der Waals surface area contributed by atoms with Gasteiger partial charge in [-0.05, 0) is 28.9 Å². The molecule has 0 atom stereocenters.